The van der Waals surface area contributed by atoms with Gasteiger partial charge in [-0.2, -0.15) is 0 Å². The van der Waals surface area contributed by atoms with Gasteiger partial charge in [0.15, 0.2) is 0 Å². The van der Waals surface area contributed by atoms with E-state index in [1.165, 1.54) is 0 Å². The average Bonchev–Trinajstić information content (AvgIpc) is 2.08. The van der Waals surface area contributed by atoms with Crippen LogP contribution in [0.4, 0.5) is 11.4 Å². The van der Waals surface area contributed by atoms with Gasteiger partial charge >= 0.3 is 0 Å². The minimum absolute atomic E-state index is 0.394. The maximum atomic E-state index is 5.83. The molecule has 0 saturated heterocycles. The van der Waals surface area contributed by atoms with Crippen molar-refractivity contribution in [1.82, 2.24) is 0 Å². The quantitative estimate of drug-likeness (QED) is 0.617. The van der Waals surface area contributed by atoms with E-state index in [-0.39, 0.29) is 0 Å². The fraction of sp³-hybridized carbons (Fsp3) is 0.400. The van der Waals surface area contributed by atoms with Crippen molar-refractivity contribution >= 4 is 11.4 Å². The molecule has 3 heteroatoms. The van der Waals surface area contributed by atoms with E-state index >= 15 is 0 Å². The highest BCUT2D eigenvalue weighted by atomic mass is 14.9. The number of nitrogen functional groups attached to an aromatic ring is 1. The molecule has 0 saturated carbocycles. The molecule has 0 bridgehead atoms. The van der Waals surface area contributed by atoms with Crippen LogP contribution in [0.5, 0.6) is 0 Å². The van der Waals surface area contributed by atoms with E-state index in [2.05, 4.69) is 19.2 Å². The second-order valence-electron chi connectivity index (χ2n) is 3.42. The van der Waals surface area contributed by atoms with Crippen molar-refractivity contribution in [2.45, 2.75) is 26.4 Å². The van der Waals surface area contributed by atoms with Crippen LogP contribution >= 0.6 is 0 Å². The van der Waals surface area contributed by atoms with Gasteiger partial charge in [-0.25, -0.2) is 0 Å². The number of hydrogen-bond donors (Lipinski definition) is 3. The Hall–Kier alpha value is -1.22. The predicted octanol–water partition coefficient (Wildman–Crippen LogP) is 1.55. The van der Waals surface area contributed by atoms with Crippen LogP contribution in [0.15, 0.2) is 18.2 Å². The Balaban J connectivity index is 2.85. The van der Waals surface area contributed by atoms with Crippen molar-refractivity contribution in [2.24, 2.45) is 5.73 Å². The molecule has 1 aromatic carbocycles. The van der Waals surface area contributed by atoms with Gasteiger partial charge in [-0.3, -0.25) is 0 Å². The summed E-state index contributed by atoms with van der Waals surface area (Å²) in [5, 5.41) is 3.26. The summed E-state index contributed by atoms with van der Waals surface area (Å²) in [5.74, 6) is 0. The monoisotopic (exact) mass is 179 g/mol. The first-order valence-corrected chi connectivity index (χ1v) is 4.48. The molecule has 0 fully saturated rings. The van der Waals surface area contributed by atoms with Gasteiger partial charge in [0.05, 0.1) is 11.4 Å². The van der Waals surface area contributed by atoms with Gasteiger partial charge in [-0.1, -0.05) is 6.07 Å². The summed E-state index contributed by atoms with van der Waals surface area (Å²) in [7, 11) is 0. The molecule has 72 valence electrons. The first-order valence-electron chi connectivity index (χ1n) is 4.48. The predicted molar refractivity (Wildman–Crippen MR) is 57.5 cm³/mol. The first-order chi connectivity index (χ1) is 6.13. The number of anilines is 2. The fourth-order valence-electron chi connectivity index (χ4n) is 1.18. The van der Waals surface area contributed by atoms with Crippen LogP contribution in [0.2, 0.25) is 0 Å². The van der Waals surface area contributed by atoms with Crippen molar-refractivity contribution in [3.63, 3.8) is 0 Å². The molecule has 13 heavy (non-hydrogen) atoms. The van der Waals surface area contributed by atoms with Crippen LogP contribution < -0.4 is 16.8 Å². The van der Waals surface area contributed by atoms with Crippen LogP contribution in [0.1, 0.15) is 19.4 Å². The Morgan fingerprint density at radius 3 is 2.54 bits per heavy atom. The molecule has 1 rings (SSSR count). The molecule has 0 radical (unpaired) electrons. The Morgan fingerprint density at radius 2 is 2.08 bits per heavy atom. The molecule has 0 heterocycles. The lowest BCUT2D eigenvalue weighted by Crippen LogP contribution is -2.11. The standard InChI is InChI=1S/C10H17N3/c1-7(2)13-10-4-3-8(6-11)5-9(10)12/h3-5,7,13H,6,11-12H2,1-2H3. The van der Waals surface area contributed by atoms with Gasteiger partial charge in [0.1, 0.15) is 0 Å². The summed E-state index contributed by atoms with van der Waals surface area (Å²) in [4.78, 5) is 0. The Bertz CT molecular complexity index is 281. The molecule has 0 unspecified atom stereocenters. The van der Waals surface area contributed by atoms with E-state index in [0.717, 1.165) is 16.9 Å². The third-order valence-corrected chi connectivity index (χ3v) is 1.80. The van der Waals surface area contributed by atoms with Crippen molar-refractivity contribution < 1.29 is 0 Å². The maximum absolute atomic E-state index is 5.83. The van der Waals surface area contributed by atoms with Gasteiger partial charge in [0.25, 0.3) is 0 Å². The first kappa shape index (κ1) is 9.86. The zero-order valence-electron chi connectivity index (χ0n) is 8.17. The molecule has 5 N–H and O–H groups in total. The third-order valence-electron chi connectivity index (χ3n) is 1.80. The van der Waals surface area contributed by atoms with E-state index in [1.54, 1.807) is 0 Å². The summed E-state index contributed by atoms with van der Waals surface area (Å²) in [6, 6.07) is 6.26. The average molecular weight is 179 g/mol. The topological polar surface area (TPSA) is 64.1 Å². The van der Waals surface area contributed by atoms with E-state index in [0.29, 0.717) is 12.6 Å². The van der Waals surface area contributed by atoms with Crippen molar-refractivity contribution in [3.05, 3.63) is 23.8 Å². The molecule has 1 aromatic rings. The normalized spacial score (nSPS) is 10.5. The minimum atomic E-state index is 0.394. The van der Waals surface area contributed by atoms with Crippen molar-refractivity contribution in [1.29, 1.82) is 0 Å². The molecule has 0 spiro atoms. The largest absolute Gasteiger partial charge is 0.397 e. The van der Waals surface area contributed by atoms with Crippen LogP contribution in [0, 0.1) is 0 Å². The lowest BCUT2D eigenvalue weighted by Gasteiger charge is -2.13. The zero-order valence-corrected chi connectivity index (χ0v) is 8.17. The molecule has 0 aliphatic carbocycles. The third kappa shape index (κ3) is 2.63. The van der Waals surface area contributed by atoms with Crippen LogP contribution in [-0.4, -0.2) is 6.04 Å². The van der Waals surface area contributed by atoms with E-state index in [9.17, 15) is 0 Å². The summed E-state index contributed by atoms with van der Waals surface area (Å²) < 4.78 is 0. The Morgan fingerprint density at radius 1 is 1.38 bits per heavy atom. The summed E-state index contributed by atoms with van der Waals surface area (Å²) in [6.07, 6.45) is 0. The van der Waals surface area contributed by atoms with E-state index < -0.39 is 0 Å². The van der Waals surface area contributed by atoms with Crippen LogP contribution in [-0.2, 0) is 6.54 Å². The molecular formula is C10H17N3. The van der Waals surface area contributed by atoms with Gasteiger partial charge in [0.2, 0.25) is 0 Å². The van der Waals surface area contributed by atoms with Gasteiger partial charge in [-0.15, -0.1) is 0 Å². The highest BCUT2D eigenvalue weighted by Crippen LogP contribution is 2.20. The van der Waals surface area contributed by atoms with Gasteiger partial charge in [-0.05, 0) is 31.5 Å². The summed E-state index contributed by atoms with van der Waals surface area (Å²) >= 11 is 0. The Labute approximate surface area is 79.1 Å². The van der Waals surface area contributed by atoms with E-state index in [1.807, 2.05) is 18.2 Å². The molecule has 0 aliphatic rings. The van der Waals surface area contributed by atoms with Crippen LogP contribution in [0.25, 0.3) is 0 Å². The lowest BCUT2D eigenvalue weighted by atomic mass is 10.1. The lowest BCUT2D eigenvalue weighted by molar-refractivity contribution is 0.900. The SMILES string of the molecule is CC(C)Nc1ccc(CN)cc1N. The molecule has 0 amide bonds. The van der Waals surface area contributed by atoms with Crippen LogP contribution in [0.3, 0.4) is 0 Å². The highest BCUT2D eigenvalue weighted by Gasteiger charge is 2.00. The van der Waals surface area contributed by atoms with E-state index in [4.69, 9.17) is 11.5 Å². The number of rotatable bonds is 3. The highest BCUT2D eigenvalue weighted by molar-refractivity contribution is 5.67. The zero-order chi connectivity index (χ0) is 9.84. The number of benzene rings is 1. The summed E-state index contributed by atoms with van der Waals surface area (Å²) in [6.45, 7) is 4.69. The molecule has 0 atom stereocenters. The van der Waals surface area contributed by atoms with Gasteiger partial charge in [0, 0.05) is 12.6 Å². The Kier molecular flexibility index (Phi) is 3.14. The molecular weight excluding hydrogens is 162 g/mol. The molecule has 0 aromatic heterocycles. The second-order valence-corrected chi connectivity index (χ2v) is 3.42. The second kappa shape index (κ2) is 4.14. The fourth-order valence-corrected chi connectivity index (χ4v) is 1.18. The summed E-state index contributed by atoms with van der Waals surface area (Å²) in [5.41, 5.74) is 14.1. The van der Waals surface area contributed by atoms with Gasteiger partial charge < -0.3 is 16.8 Å². The van der Waals surface area contributed by atoms with Crippen molar-refractivity contribution in [2.75, 3.05) is 11.1 Å². The maximum Gasteiger partial charge on any atom is 0.0576 e. The number of hydrogen-bond acceptors (Lipinski definition) is 3. The molecule has 0 aliphatic heterocycles. The smallest absolute Gasteiger partial charge is 0.0576 e. The minimum Gasteiger partial charge on any atom is -0.397 e. The number of nitrogens with one attached hydrogen (secondary N) is 1. The number of nitrogens with two attached hydrogens (primary N) is 2. The van der Waals surface area contributed by atoms with Crippen molar-refractivity contribution in [3.8, 4) is 0 Å². The molecule has 3 nitrogen and oxygen atoms in total.